The molecule has 0 fully saturated rings. The Bertz CT molecular complexity index is 1290. The molecule has 3 heterocycles. The fourth-order valence-corrected chi connectivity index (χ4v) is 3.22. The number of para-hydroxylation sites is 1. The van der Waals surface area contributed by atoms with Crippen LogP contribution in [0.2, 0.25) is 0 Å². The van der Waals surface area contributed by atoms with E-state index in [4.69, 9.17) is 0 Å². The first-order chi connectivity index (χ1) is 13.1. The van der Waals surface area contributed by atoms with Gasteiger partial charge in [0.25, 0.3) is 5.56 Å². The van der Waals surface area contributed by atoms with Crippen LogP contribution in [0.1, 0.15) is 11.3 Å². The molecule has 0 unspecified atom stereocenters. The summed E-state index contributed by atoms with van der Waals surface area (Å²) < 4.78 is 3.15. The van der Waals surface area contributed by atoms with Crippen molar-refractivity contribution in [1.29, 1.82) is 5.26 Å². The molecule has 0 bridgehead atoms. The number of nitrogens with zero attached hydrogens (tertiary/aromatic N) is 4. The second kappa shape index (κ2) is 6.42. The van der Waals surface area contributed by atoms with E-state index < -0.39 is 0 Å². The summed E-state index contributed by atoms with van der Waals surface area (Å²) >= 11 is 0. The van der Waals surface area contributed by atoms with Crippen molar-refractivity contribution in [3.8, 4) is 6.07 Å². The quantitative estimate of drug-likeness (QED) is 0.610. The summed E-state index contributed by atoms with van der Waals surface area (Å²) in [5.41, 5.74) is 2.33. The Morgan fingerprint density at radius 3 is 2.81 bits per heavy atom. The van der Waals surface area contributed by atoms with Crippen molar-refractivity contribution in [2.75, 3.05) is 5.32 Å². The van der Waals surface area contributed by atoms with Crippen molar-refractivity contribution in [2.24, 2.45) is 0 Å². The molecule has 0 aliphatic heterocycles. The van der Waals surface area contributed by atoms with E-state index in [1.165, 1.54) is 10.6 Å². The van der Waals surface area contributed by atoms with Gasteiger partial charge in [-0.3, -0.25) is 14.0 Å². The number of nitrogens with one attached hydrogen (secondary N) is 1. The molecule has 0 aliphatic rings. The number of nitriles is 1. The number of hydrogen-bond donors (Lipinski definition) is 1. The number of carbonyl (C=O) groups excluding carboxylic acids is 1. The molecular formula is C20H15N5O2. The van der Waals surface area contributed by atoms with Gasteiger partial charge >= 0.3 is 0 Å². The molecule has 1 aromatic carbocycles. The zero-order valence-electron chi connectivity index (χ0n) is 14.5. The number of carbonyl (C=O) groups is 1. The van der Waals surface area contributed by atoms with Crippen LogP contribution in [0.3, 0.4) is 0 Å². The number of rotatable bonds is 3. The Morgan fingerprint density at radius 2 is 2.00 bits per heavy atom. The van der Waals surface area contributed by atoms with Crippen molar-refractivity contribution >= 4 is 28.1 Å². The van der Waals surface area contributed by atoms with Crippen LogP contribution in [0.4, 0.5) is 5.69 Å². The summed E-state index contributed by atoms with van der Waals surface area (Å²) in [4.78, 5) is 29.3. The molecule has 27 heavy (non-hydrogen) atoms. The maximum Gasteiger partial charge on any atom is 0.281 e. The smallest absolute Gasteiger partial charge is 0.281 e. The summed E-state index contributed by atoms with van der Waals surface area (Å²) in [5.74, 6) is -0.363. The van der Waals surface area contributed by atoms with Gasteiger partial charge in [0.05, 0.1) is 17.3 Å². The molecule has 4 aromatic rings. The minimum absolute atomic E-state index is 0.00897. The molecule has 7 nitrogen and oxygen atoms in total. The van der Waals surface area contributed by atoms with Crippen LogP contribution in [-0.2, 0) is 11.3 Å². The molecular weight excluding hydrogens is 342 g/mol. The predicted molar refractivity (Wildman–Crippen MR) is 101 cm³/mol. The first kappa shape index (κ1) is 16.5. The third-order valence-corrected chi connectivity index (χ3v) is 4.53. The molecule has 0 saturated carbocycles. The van der Waals surface area contributed by atoms with Gasteiger partial charge in [-0.25, -0.2) is 4.98 Å². The molecule has 132 valence electrons. The lowest BCUT2D eigenvalue weighted by atomic mass is 10.1. The largest absolute Gasteiger partial charge is 0.334 e. The van der Waals surface area contributed by atoms with Crippen LogP contribution in [0.25, 0.3) is 16.6 Å². The standard InChI is InChI=1S/C20H15N5O2/c1-13-15(10-21)14-6-2-3-7-17(14)25(13)12-19(26)23-16-11-22-18-8-4-5-9-24(18)20(16)27/h2-9,11H,12H2,1H3,(H,23,26). The minimum atomic E-state index is -0.363. The molecule has 3 aromatic heterocycles. The molecule has 0 saturated heterocycles. The maximum atomic E-state index is 12.6. The zero-order valence-corrected chi connectivity index (χ0v) is 14.5. The average Bonchev–Trinajstić information content (AvgIpc) is 2.95. The van der Waals surface area contributed by atoms with Crippen molar-refractivity contribution in [1.82, 2.24) is 14.0 Å². The van der Waals surface area contributed by atoms with E-state index in [2.05, 4.69) is 16.4 Å². The third-order valence-electron chi connectivity index (χ3n) is 4.53. The van der Waals surface area contributed by atoms with Crippen molar-refractivity contribution in [3.63, 3.8) is 0 Å². The van der Waals surface area contributed by atoms with Crippen LogP contribution in [-0.4, -0.2) is 19.9 Å². The van der Waals surface area contributed by atoms with E-state index in [-0.39, 0.29) is 23.7 Å². The molecule has 1 N–H and O–H groups in total. The van der Waals surface area contributed by atoms with E-state index in [1.54, 1.807) is 35.9 Å². The van der Waals surface area contributed by atoms with Gasteiger partial charge in [-0.2, -0.15) is 5.26 Å². The van der Waals surface area contributed by atoms with Gasteiger partial charge in [0, 0.05) is 17.3 Å². The molecule has 4 rings (SSSR count). The fourth-order valence-electron chi connectivity index (χ4n) is 3.22. The van der Waals surface area contributed by atoms with Gasteiger partial charge < -0.3 is 9.88 Å². The number of pyridine rings is 1. The summed E-state index contributed by atoms with van der Waals surface area (Å²) in [7, 11) is 0. The van der Waals surface area contributed by atoms with E-state index in [9.17, 15) is 14.9 Å². The van der Waals surface area contributed by atoms with Gasteiger partial charge in [0.1, 0.15) is 23.9 Å². The van der Waals surface area contributed by atoms with Gasteiger partial charge in [-0.1, -0.05) is 24.3 Å². The van der Waals surface area contributed by atoms with E-state index in [0.717, 1.165) is 10.9 Å². The van der Waals surface area contributed by atoms with Crippen LogP contribution < -0.4 is 10.9 Å². The Kier molecular flexibility index (Phi) is 3.94. The highest BCUT2D eigenvalue weighted by Gasteiger charge is 2.16. The molecule has 0 atom stereocenters. The molecule has 0 radical (unpaired) electrons. The first-order valence-electron chi connectivity index (χ1n) is 8.34. The molecule has 7 heteroatoms. The van der Waals surface area contributed by atoms with Gasteiger partial charge in [0.15, 0.2) is 0 Å². The van der Waals surface area contributed by atoms with Crippen molar-refractivity contribution in [2.45, 2.75) is 13.5 Å². The van der Waals surface area contributed by atoms with Gasteiger partial charge in [0.2, 0.25) is 5.91 Å². The Labute approximate surface area is 154 Å². The summed E-state index contributed by atoms with van der Waals surface area (Å²) in [6.07, 6.45) is 2.96. The van der Waals surface area contributed by atoms with Crippen LogP contribution in [0.5, 0.6) is 0 Å². The Morgan fingerprint density at radius 1 is 1.22 bits per heavy atom. The maximum absolute atomic E-state index is 12.6. The van der Waals surface area contributed by atoms with E-state index in [0.29, 0.717) is 16.9 Å². The predicted octanol–water partition coefficient (Wildman–Crippen LogP) is 2.47. The summed E-state index contributed by atoms with van der Waals surface area (Å²) in [6.45, 7) is 1.79. The lowest BCUT2D eigenvalue weighted by Crippen LogP contribution is -2.26. The number of anilines is 1. The topological polar surface area (TPSA) is 92.2 Å². The monoisotopic (exact) mass is 357 g/mol. The average molecular weight is 357 g/mol. The lowest BCUT2D eigenvalue weighted by molar-refractivity contribution is -0.116. The van der Waals surface area contributed by atoms with E-state index in [1.807, 2.05) is 24.3 Å². The highest BCUT2D eigenvalue weighted by Crippen LogP contribution is 2.25. The zero-order chi connectivity index (χ0) is 19.0. The second-order valence-corrected chi connectivity index (χ2v) is 6.13. The summed E-state index contributed by atoms with van der Waals surface area (Å²) in [6, 6.07) is 14.9. The fraction of sp³-hybridized carbons (Fsp3) is 0.100. The van der Waals surface area contributed by atoms with Crippen molar-refractivity contribution in [3.05, 3.63) is 76.5 Å². The highest BCUT2D eigenvalue weighted by atomic mass is 16.2. The highest BCUT2D eigenvalue weighted by molar-refractivity contribution is 5.93. The van der Waals surface area contributed by atoms with Crippen LogP contribution >= 0.6 is 0 Å². The Balaban J connectivity index is 1.68. The Hall–Kier alpha value is -3.92. The first-order valence-corrected chi connectivity index (χ1v) is 8.34. The summed E-state index contributed by atoms with van der Waals surface area (Å²) in [5, 5.41) is 12.9. The van der Waals surface area contributed by atoms with Gasteiger partial charge in [-0.05, 0) is 25.1 Å². The number of fused-ring (bicyclic) bond motifs is 2. The second-order valence-electron chi connectivity index (χ2n) is 6.13. The molecule has 0 aliphatic carbocycles. The minimum Gasteiger partial charge on any atom is -0.334 e. The molecule has 0 spiro atoms. The van der Waals surface area contributed by atoms with E-state index >= 15 is 0 Å². The SMILES string of the molecule is Cc1c(C#N)c2ccccc2n1CC(=O)Nc1cnc2ccccn2c1=O. The van der Waals surface area contributed by atoms with Gasteiger partial charge in [-0.15, -0.1) is 0 Å². The van der Waals surface area contributed by atoms with Crippen LogP contribution in [0.15, 0.2) is 59.7 Å². The third kappa shape index (κ3) is 2.73. The number of benzene rings is 1. The number of aromatic nitrogens is 3. The lowest BCUT2D eigenvalue weighted by Gasteiger charge is -2.09. The number of hydrogen-bond acceptors (Lipinski definition) is 4. The van der Waals surface area contributed by atoms with Crippen molar-refractivity contribution < 1.29 is 4.79 Å². The number of amides is 1. The molecule has 1 amide bonds. The normalized spacial score (nSPS) is 10.8. The van der Waals surface area contributed by atoms with Crippen LogP contribution in [0, 0.1) is 18.3 Å².